The smallest absolute Gasteiger partial charge is 0.299 e. The lowest BCUT2D eigenvalue weighted by molar-refractivity contribution is 0.560. The first kappa shape index (κ1) is 11.7. The lowest BCUT2D eigenvalue weighted by Gasteiger charge is -2.06. The topological polar surface area (TPSA) is 91.6 Å². The molecule has 6 nitrogen and oxygen atoms in total. The lowest BCUT2D eigenvalue weighted by atomic mass is 10.4. The van der Waals surface area contributed by atoms with E-state index in [0.717, 1.165) is 4.57 Å². The summed E-state index contributed by atoms with van der Waals surface area (Å²) in [6, 6.07) is 5.05. The Morgan fingerprint density at radius 3 is 2.38 bits per heavy atom. The second kappa shape index (κ2) is 5.52. The Morgan fingerprint density at radius 2 is 1.75 bits per heavy atom. The molecule has 0 aliphatic rings. The maximum atomic E-state index is 11.7. The molecule has 0 fully saturated rings. The van der Waals surface area contributed by atoms with E-state index in [0.29, 0.717) is 0 Å². The number of nitriles is 2. The average Bonchev–Trinajstić information content (AvgIpc) is 2.28. The molecule has 0 N–H and O–H groups in total. The first-order valence-electron chi connectivity index (χ1n) is 4.75. The zero-order chi connectivity index (χ0) is 12.0. The van der Waals surface area contributed by atoms with Gasteiger partial charge in [0.15, 0.2) is 0 Å². The molecule has 6 heteroatoms. The van der Waals surface area contributed by atoms with Gasteiger partial charge in [-0.3, -0.25) is 13.9 Å². The van der Waals surface area contributed by atoms with Gasteiger partial charge in [-0.2, -0.15) is 10.5 Å². The third kappa shape index (κ3) is 2.58. The van der Waals surface area contributed by atoms with Crippen LogP contribution in [-0.4, -0.2) is 9.13 Å². The minimum Gasteiger partial charge on any atom is -0.299 e. The Hall–Kier alpha value is -2.34. The van der Waals surface area contributed by atoms with Crippen LogP contribution in [-0.2, 0) is 13.1 Å². The Labute approximate surface area is 91.6 Å². The van der Waals surface area contributed by atoms with E-state index >= 15 is 0 Å². The van der Waals surface area contributed by atoms with E-state index in [1.165, 1.54) is 16.8 Å². The number of aromatic nitrogens is 2. The monoisotopic (exact) mass is 218 g/mol. The van der Waals surface area contributed by atoms with E-state index in [1.54, 1.807) is 0 Å². The van der Waals surface area contributed by atoms with Crippen molar-refractivity contribution in [3.05, 3.63) is 33.1 Å². The highest BCUT2D eigenvalue weighted by molar-refractivity contribution is 4.88. The number of hydrogen-bond acceptors (Lipinski definition) is 4. The molecule has 0 saturated heterocycles. The van der Waals surface area contributed by atoms with E-state index in [-0.39, 0.29) is 25.9 Å². The van der Waals surface area contributed by atoms with Crippen molar-refractivity contribution in [3.8, 4) is 12.1 Å². The standard InChI is InChI=1S/C10H10N4O2/c11-4-1-6-13-8-3-9(15)14(10(13)16)7-2-5-12/h3,8H,1-2,6-7H2. The van der Waals surface area contributed by atoms with Crippen molar-refractivity contribution in [1.29, 1.82) is 10.5 Å². The maximum absolute atomic E-state index is 11.7. The van der Waals surface area contributed by atoms with Crippen LogP contribution in [0.2, 0.25) is 0 Å². The summed E-state index contributed by atoms with van der Waals surface area (Å²) >= 11 is 0. The summed E-state index contributed by atoms with van der Waals surface area (Å²) in [4.78, 5) is 23.1. The quantitative estimate of drug-likeness (QED) is 0.701. The Morgan fingerprint density at radius 1 is 1.12 bits per heavy atom. The van der Waals surface area contributed by atoms with Gasteiger partial charge in [-0.15, -0.1) is 0 Å². The van der Waals surface area contributed by atoms with Crippen LogP contribution in [0.15, 0.2) is 21.9 Å². The zero-order valence-corrected chi connectivity index (χ0v) is 8.59. The normalized spacial score (nSPS) is 9.38. The SMILES string of the molecule is N#CCCn1ccc(=O)n(CCC#N)c1=O. The number of hydrogen-bond donors (Lipinski definition) is 0. The van der Waals surface area contributed by atoms with E-state index in [9.17, 15) is 9.59 Å². The molecule has 1 rings (SSSR count). The predicted octanol–water partition coefficient (Wildman–Crippen LogP) is -0.163. The van der Waals surface area contributed by atoms with Crippen LogP contribution in [0.3, 0.4) is 0 Å². The van der Waals surface area contributed by atoms with Crippen molar-refractivity contribution < 1.29 is 0 Å². The molecule has 0 aromatic carbocycles. The number of nitrogens with zero attached hydrogens (tertiary/aromatic N) is 4. The molecule has 0 aliphatic carbocycles. The van der Waals surface area contributed by atoms with Gasteiger partial charge in [0, 0.05) is 25.4 Å². The lowest BCUT2D eigenvalue weighted by Crippen LogP contribution is -2.38. The van der Waals surface area contributed by atoms with Crippen LogP contribution in [0.25, 0.3) is 0 Å². The van der Waals surface area contributed by atoms with Gasteiger partial charge < -0.3 is 0 Å². The summed E-state index contributed by atoms with van der Waals surface area (Å²) in [6.45, 7) is 0.337. The Bertz CT molecular complexity index is 556. The molecule has 0 atom stereocenters. The summed E-state index contributed by atoms with van der Waals surface area (Å²) in [5.41, 5.74) is -0.897. The summed E-state index contributed by atoms with van der Waals surface area (Å²) < 4.78 is 2.29. The highest BCUT2D eigenvalue weighted by Crippen LogP contribution is 1.85. The van der Waals surface area contributed by atoms with E-state index in [2.05, 4.69) is 0 Å². The second-order valence-corrected chi connectivity index (χ2v) is 3.10. The molecule has 0 radical (unpaired) electrons. The zero-order valence-electron chi connectivity index (χ0n) is 8.59. The van der Waals surface area contributed by atoms with Crippen molar-refractivity contribution >= 4 is 0 Å². The predicted molar refractivity (Wildman–Crippen MR) is 55.4 cm³/mol. The fourth-order valence-electron chi connectivity index (χ4n) is 1.27. The van der Waals surface area contributed by atoms with Crippen molar-refractivity contribution in [2.24, 2.45) is 0 Å². The molecule has 0 spiro atoms. The van der Waals surface area contributed by atoms with Crippen molar-refractivity contribution in [2.75, 3.05) is 0 Å². The second-order valence-electron chi connectivity index (χ2n) is 3.10. The Kier molecular flexibility index (Phi) is 4.05. The first-order valence-corrected chi connectivity index (χ1v) is 4.75. The molecule has 16 heavy (non-hydrogen) atoms. The van der Waals surface area contributed by atoms with Crippen molar-refractivity contribution in [2.45, 2.75) is 25.9 Å². The maximum Gasteiger partial charge on any atom is 0.331 e. The third-order valence-corrected chi connectivity index (χ3v) is 2.05. The van der Waals surface area contributed by atoms with Crippen molar-refractivity contribution in [1.82, 2.24) is 9.13 Å². The van der Waals surface area contributed by atoms with Gasteiger partial charge in [0.2, 0.25) is 0 Å². The highest BCUT2D eigenvalue weighted by atomic mass is 16.2. The molecule has 1 heterocycles. The molecule has 0 bridgehead atoms. The molecule has 0 amide bonds. The van der Waals surface area contributed by atoms with Gasteiger partial charge in [0.1, 0.15) is 0 Å². The largest absolute Gasteiger partial charge is 0.331 e. The van der Waals surface area contributed by atoms with E-state index < -0.39 is 11.2 Å². The van der Waals surface area contributed by atoms with Crippen LogP contribution in [0.5, 0.6) is 0 Å². The highest BCUT2D eigenvalue weighted by Gasteiger charge is 2.04. The fraction of sp³-hybridized carbons (Fsp3) is 0.400. The molecule has 1 aromatic heterocycles. The molecule has 82 valence electrons. The van der Waals surface area contributed by atoms with Gasteiger partial charge >= 0.3 is 5.69 Å². The van der Waals surface area contributed by atoms with Crippen molar-refractivity contribution in [3.63, 3.8) is 0 Å². The molecule has 0 saturated carbocycles. The minimum absolute atomic E-state index is 0.0849. The van der Waals surface area contributed by atoms with Crippen LogP contribution >= 0.6 is 0 Å². The summed E-state index contributed by atoms with van der Waals surface area (Å²) in [5.74, 6) is 0. The third-order valence-electron chi connectivity index (χ3n) is 2.05. The summed E-state index contributed by atoms with van der Waals surface area (Å²) in [7, 11) is 0. The van der Waals surface area contributed by atoms with Gasteiger partial charge in [0.25, 0.3) is 5.56 Å². The Balaban J connectivity index is 3.09. The van der Waals surface area contributed by atoms with Crippen LogP contribution in [0.4, 0.5) is 0 Å². The molecule has 1 aromatic rings. The summed E-state index contributed by atoms with van der Waals surface area (Å²) in [5, 5.41) is 16.8. The first-order chi connectivity index (χ1) is 7.70. The molecule has 0 unspecified atom stereocenters. The van der Waals surface area contributed by atoms with Gasteiger partial charge in [-0.25, -0.2) is 4.79 Å². The van der Waals surface area contributed by atoms with Gasteiger partial charge in [-0.05, 0) is 0 Å². The summed E-state index contributed by atoms with van der Waals surface area (Å²) in [6.07, 6.45) is 1.68. The molecular weight excluding hydrogens is 208 g/mol. The van der Waals surface area contributed by atoms with Crippen LogP contribution in [0.1, 0.15) is 12.8 Å². The molecule has 0 aliphatic heterocycles. The van der Waals surface area contributed by atoms with Crippen LogP contribution < -0.4 is 11.2 Å². The number of aryl methyl sites for hydroxylation is 1. The number of rotatable bonds is 4. The molecular formula is C10H10N4O2. The fourth-order valence-corrected chi connectivity index (χ4v) is 1.27. The van der Waals surface area contributed by atoms with Crippen LogP contribution in [0, 0.1) is 22.7 Å². The van der Waals surface area contributed by atoms with Gasteiger partial charge in [-0.1, -0.05) is 0 Å². The average molecular weight is 218 g/mol. The van der Waals surface area contributed by atoms with E-state index in [1.807, 2.05) is 12.1 Å². The van der Waals surface area contributed by atoms with E-state index in [4.69, 9.17) is 10.5 Å². The van der Waals surface area contributed by atoms with Gasteiger partial charge in [0.05, 0.1) is 25.0 Å². The minimum atomic E-state index is -0.474.